The van der Waals surface area contributed by atoms with Gasteiger partial charge in [-0.2, -0.15) is 0 Å². The smallest absolute Gasteiger partial charge is 0.227 e. The number of carbonyl (C=O) groups is 1. The Hall–Kier alpha value is -0.650. The predicted octanol–water partition coefficient (Wildman–Crippen LogP) is 0.459. The van der Waals surface area contributed by atoms with Crippen LogP contribution in [0.3, 0.4) is 0 Å². The lowest BCUT2D eigenvalue weighted by molar-refractivity contribution is -0.125. The summed E-state index contributed by atoms with van der Waals surface area (Å²) in [6, 6.07) is 0.165. The van der Waals surface area contributed by atoms with Crippen LogP contribution in [0.4, 0.5) is 0 Å². The molecule has 20 heavy (non-hydrogen) atoms. The fourth-order valence-electron chi connectivity index (χ4n) is 3.03. The Morgan fingerprint density at radius 1 is 1.30 bits per heavy atom. The van der Waals surface area contributed by atoms with Gasteiger partial charge in [-0.15, -0.1) is 0 Å². The summed E-state index contributed by atoms with van der Waals surface area (Å²) in [7, 11) is 1.89. The Balaban J connectivity index is 1.57. The van der Waals surface area contributed by atoms with Crippen LogP contribution in [0.25, 0.3) is 0 Å². The highest BCUT2D eigenvalue weighted by Crippen LogP contribution is 2.16. The van der Waals surface area contributed by atoms with E-state index >= 15 is 0 Å². The lowest BCUT2D eigenvalue weighted by Gasteiger charge is -2.30. The normalized spacial score (nSPS) is 28.7. The van der Waals surface area contributed by atoms with E-state index in [1.807, 2.05) is 7.05 Å². The Morgan fingerprint density at radius 3 is 2.75 bits per heavy atom. The highest BCUT2D eigenvalue weighted by Gasteiger charge is 2.32. The first-order valence-corrected chi connectivity index (χ1v) is 7.95. The average Bonchev–Trinajstić information content (AvgIpc) is 2.94. The molecule has 2 heterocycles. The summed E-state index contributed by atoms with van der Waals surface area (Å²) in [6.07, 6.45) is 3.67. The van der Waals surface area contributed by atoms with Crippen LogP contribution in [-0.4, -0.2) is 63.3 Å². The van der Waals surface area contributed by atoms with Crippen LogP contribution in [0.15, 0.2) is 0 Å². The molecule has 5 nitrogen and oxygen atoms in total. The number of likely N-dealkylation sites (N-methyl/N-ethyl adjacent to an activating group) is 1. The zero-order chi connectivity index (χ0) is 14.4. The number of hydrogen-bond donors (Lipinski definition) is 2. The van der Waals surface area contributed by atoms with E-state index in [9.17, 15) is 4.79 Å². The molecule has 0 aromatic rings. The van der Waals surface area contributed by atoms with Crippen molar-refractivity contribution in [3.05, 3.63) is 0 Å². The molecule has 0 aromatic heterocycles. The van der Waals surface area contributed by atoms with Gasteiger partial charge in [0, 0.05) is 12.6 Å². The summed E-state index contributed by atoms with van der Waals surface area (Å²) in [4.78, 5) is 14.6. The van der Waals surface area contributed by atoms with Crippen molar-refractivity contribution < 1.29 is 9.53 Å². The second-order valence-corrected chi connectivity index (χ2v) is 6.21. The SMILES string of the molecule is CNC1COCC1C(=O)NCCCN1CCC(C)CC1. The first kappa shape index (κ1) is 15.7. The molecule has 2 fully saturated rings. The molecule has 0 bridgehead atoms. The van der Waals surface area contributed by atoms with E-state index in [1.54, 1.807) is 0 Å². The van der Waals surface area contributed by atoms with Crippen molar-refractivity contribution >= 4 is 5.91 Å². The number of piperidine rings is 1. The van der Waals surface area contributed by atoms with Gasteiger partial charge in [0.1, 0.15) is 0 Å². The van der Waals surface area contributed by atoms with Crippen LogP contribution in [0.2, 0.25) is 0 Å². The third kappa shape index (κ3) is 4.43. The molecular formula is C15H29N3O2. The minimum atomic E-state index is -0.0316. The van der Waals surface area contributed by atoms with Gasteiger partial charge in [0.05, 0.1) is 19.1 Å². The van der Waals surface area contributed by atoms with Gasteiger partial charge in [-0.25, -0.2) is 0 Å². The van der Waals surface area contributed by atoms with Crippen molar-refractivity contribution in [3.8, 4) is 0 Å². The van der Waals surface area contributed by atoms with Crippen LogP contribution < -0.4 is 10.6 Å². The van der Waals surface area contributed by atoms with E-state index in [1.165, 1.54) is 25.9 Å². The standard InChI is InChI=1S/C15H29N3O2/c1-12-4-8-18(9-5-12)7-3-6-17-15(19)13-10-20-11-14(13)16-2/h12-14,16H,3-11H2,1-2H3,(H,17,19). The molecule has 2 N–H and O–H groups in total. The minimum absolute atomic E-state index is 0.0316. The summed E-state index contributed by atoms with van der Waals surface area (Å²) in [5.74, 6) is 0.983. The molecule has 2 aliphatic rings. The zero-order valence-electron chi connectivity index (χ0n) is 12.9. The van der Waals surface area contributed by atoms with Gasteiger partial charge in [-0.3, -0.25) is 4.79 Å². The van der Waals surface area contributed by atoms with Crippen LogP contribution >= 0.6 is 0 Å². The highest BCUT2D eigenvalue weighted by molar-refractivity contribution is 5.79. The molecular weight excluding hydrogens is 254 g/mol. The minimum Gasteiger partial charge on any atom is -0.379 e. The monoisotopic (exact) mass is 283 g/mol. The Kier molecular flexibility index (Phi) is 6.26. The molecule has 2 atom stereocenters. The largest absolute Gasteiger partial charge is 0.379 e. The number of nitrogens with one attached hydrogen (secondary N) is 2. The van der Waals surface area contributed by atoms with Crippen LogP contribution in [0.5, 0.6) is 0 Å². The van der Waals surface area contributed by atoms with Crippen molar-refractivity contribution in [1.82, 2.24) is 15.5 Å². The third-order valence-corrected chi connectivity index (χ3v) is 4.61. The van der Waals surface area contributed by atoms with Gasteiger partial charge in [0.2, 0.25) is 5.91 Å². The Labute approximate surface area is 122 Å². The summed E-state index contributed by atoms with van der Waals surface area (Å²) in [5, 5.41) is 6.20. The lowest BCUT2D eigenvalue weighted by Crippen LogP contribution is -2.43. The van der Waals surface area contributed by atoms with E-state index in [0.29, 0.717) is 13.2 Å². The first-order chi connectivity index (χ1) is 9.70. The van der Waals surface area contributed by atoms with E-state index in [4.69, 9.17) is 4.74 Å². The zero-order valence-corrected chi connectivity index (χ0v) is 12.9. The number of amides is 1. The maximum atomic E-state index is 12.1. The van der Waals surface area contributed by atoms with E-state index < -0.39 is 0 Å². The molecule has 0 spiro atoms. The molecule has 2 rings (SSSR count). The molecule has 0 aliphatic carbocycles. The van der Waals surface area contributed by atoms with Crippen LogP contribution in [0.1, 0.15) is 26.2 Å². The molecule has 2 saturated heterocycles. The van der Waals surface area contributed by atoms with Crippen LogP contribution in [-0.2, 0) is 9.53 Å². The number of likely N-dealkylation sites (tertiary alicyclic amines) is 1. The number of hydrogen-bond acceptors (Lipinski definition) is 4. The van der Waals surface area contributed by atoms with E-state index in [2.05, 4.69) is 22.5 Å². The van der Waals surface area contributed by atoms with Crippen molar-refractivity contribution in [3.63, 3.8) is 0 Å². The quantitative estimate of drug-likeness (QED) is 0.695. The number of carbonyl (C=O) groups excluding carboxylic acids is 1. The van der Waals surface area contributed by atoms with Crippen LogP contribution in [0, 0.1) is 11.8 Å². The summed E-state index contributed by atoms with van der Waals surface area (Å²) < 4.78 is 5.36. The van der Waals surface area contributed by atoms with E-state index in [-0.39, 0.29) is 17.9 Å². The van der Waals surface area contributed by atoms with E-state index in [0.717, 1.165) is 25.4 Å². The average molecular weight is 283 g/mol. The van der Waals surface area contributed by atoms with Gasteiger partial charge in [0.15, 0.2) is 0 Å². The number of nitrogens with zero attached hydrogens (tertiary/aromatic N) is 1. The lowest BCUT2D eigenvalue weighted by atomic mass is 9.99. The molecule has 0 radical (unpaired) electrons. The fraction of sp³-hybridized carbons (Fsp3) is 0.933. The van der Waals surface area contributed by atoms with Gasteiger partial charge in [0.25, 0.3) is 0 Å². The predicted molar refractivity (Wildman–Crippen MR) is 79.6 cm³/mol. The number of rotatable bonds is 6. The van der Waals surface area contributed by atoms with Gasteiger partial charge < -0.3 is 20.3 Å². The molecule has 5 heteroatoms. The Bertz CT molecular complexity index is 303. The van der Waals surface area contributed by atoms with Gasteiger partial charge in [-0.05, 0) is 51.9 Å². The second kappa shape index (κ2) is 7.96. The van der Waals surface area contributed by atoms with Crippen molar-refractivity contribution in [1.29, 1.82) is 0 Å². The maximum absolute atomic E-state index is 12.1. The third-order valence-electron chi connectivity index (χ3n) is 4.61. The molecule has 1 amide bonds. The molecule has 116 valence electrons. The maximum Gasteiger partial charge on any atom is 0.227 e. The number of ether oxygens (including phenoxy) is 1. The van der Waals surface area contributed by atoms with Gasteiger partial charge >= 0.3 is 0 Å². The molecule has 0 aromatic carbocycles. The fourth-order valence-corrected chi connectivity index (χ4v) is 3.03. The summed E-state index contributed by atoms with van der Waals surface area (Å²) >= 11 is 0. The van der Waals surface area contributed by atoms with Crippen molar-refractivity contribution in [2.24, 2.45) is 11.8 Å². The highest BCUT2D eigenvalue weighted by atomic mass is 16.5. The second-order valence-electron chi connectivity index (χ2n) is 6.21. The Morgan fingerprint density at radius 2 is 2.05 bits per heavy atom. The van der Waals surface area contributed by atoms with Gasteiger partial charge in [-0.1, -0.05) is 6.92 Å². The summed E-state index contributed by atoms with van der Waals surface area (Å²) in [5.41, 5.74) is 0. The molecule has 0 saturated carbocycles. The van der Waals surface area contributed by atoms with Crippen molar-refractivity contribution in [2.45, 2.75) is 32.2 Å². The topological polar surface area (TPSA) is 53.6 Å². The first-order valence-electron chi connectivity index (χ1n) is 7.95. The van der Waals surface area contributed by atoms with Crippen molar-refractivity contribution in [2.75, 3.05) is 46.4 Å². The summed E-state index contributed by atoms with van der Waals surface area (Å²) in [6.45, 7) is 7.82. The molecule has 2 unspecified atom stereocenters. The molecule has 2 aliphatic heterocycles.